The predicted octanol–water partition coefficient (Wildman–Crippen LogP) is 3.21. The Balaban J connectivity index is 1.98. The van der Waals surface area contributed by atoms with Crippen LogP contribution < -0.4 is 5.32 Å². The number of nitrogens with zero attached hydrogens (tertiary/aromatic N) is 1. The van der Waals surface area contributed by atoms with Crippen LogP contribution >= 0.6 is 0 Å². The molecule has 0 bridgehead atoms. The van der Waals surface area contributed by atoms with Gasteiger partial charge in [0.15, 0.2) is 0 Å². The molecule has 1 heterocycles. The molecule has 0 amide bonds. The van der Waals surface area contributed by atoms with Crippen LogP contribution in [-0.4, -0.2) is 30.6 Å². The zero-order valence-corrected chi connectivity index (χ0v) is 12.2. The average molecular weight is 264 g/mol. The number of halogens is 1. The molecule has 2 atom stereocenters. The molecule has 0 radical (unpaired) electrons. The molecule has 0 aliphatic carbocycles. The van der Waals surface area contributed by atoms with Gasteiger partial charge in [-0.05, 0) is 37.0 Å². The van der Waals surface area contributed by atoms with Crippen LogP contribution in [0, 0.1) is 11.7 Å². The van der Waals surface area contributed by atoms with Crippen LogP contribution in [0.3, 0.4) is 0 Å². The third-order valence-corrected chi connectivity index (χ3v) is 3.94. The third kappa shape index (κ3) is 4.02. The highest BCUT2D eigenvalue weighted by Gasteiger charge is 2.24. The first kappa shape index (κ1) is 14.5. The summed E-state index contributed by atoms with van der Waals surface area (Å²) < 4.78 is 13.0. The fourth-order valence-corrected chi connectivity index (χ4v) is 2.88. The van der Waals surface area contributed by atoms with Gasteiger partial charge < -0.3 is 5.32 Å². The van der Waals surface area contributed by atoms with Crippen molar-refractivity contribution in [3.05, 3.63) is 35.6 Å². The van der Waals surface area contributed by atoms with Crippen molar-refractivity contribution in [2.45, 2.75) is 39.3 Å². The molecular weight excluding hydrogens is 239 g/mol. The zero-order valence-electron chi connectivity index (χ0n) is 12.2. The fraction of sp³-hybridized carbons (Fsp3) is 0.625. The normalized spacial score (nSPS) is 22.7. The van der Waals surface area contributed by atoms with Gasteiger partial charge in [0.1, 0.15) is 5.82 Å². The van der Waals surface area contributed by atoms with E-state index in [1.807, 2.05) is 12.1 Å². The van der Waals surface area contributed by atoms with E-state index in [-0.39, 0.29) is 5.82 Å². The first-order valence-electron chi connectivity index (χ1n) is 7.29. The Morgan fingerprint density at radius 3 is 2.58 bits per heavy atom. The quantitative estimate of drug-likeness (QED) is 0.898. The van der Waals surface area contributed by atoms with E-state index in [0.29, 0.717) is 12.1 Å². The molecule has 2 rings (SSSR count). The van der Waals surface area contributed by atoms with Gasteiger partial charge in [-0.15, -0.1) is 0 Å². The molecule has 19 heavy (non-hydrogen) atoms. The lowest BCUT2D eigenvalue weighted by Gasteiger charge is -2.38. The zero-order chi connectivity index (χ0) is 13.8. The van der Waals surface area contributed by atoms with Crippen LogP contribution in [0.25, 0.3) is 0 Å². The second-order valence-corrected chi connectivity index (χ2v) is 6.00. The van der Waals surface area contributed by atoms with Gasteiger partial charge in [-0.25, -0.2) is 4.39 Å². The number of piperazine rings is 1. The molecule has 1 aromatic rings. The summed E-state index contributed by atoms with van der Waals surface area (Å²) in [7, 11) is 0. The van der Waals surface area contributed by atoms with E-state index in [1.54, 1.807) is 12.1 Å². The van der Waals surface area contributed by atoms with Crippen LogP contribution in [0.5, 0.6) is 0 Å². The summed E-state index contributed by atoms with van der Waals surface area (Å²) in [6.45, 7) is 9.94. The second kappa shape index (κ2) is 6.49. The minimum absolute atomic E-state index is 0.158. The highest BCUT2D eigenvalue weighted by atomic mass is 19.1. The Morgan fingerprint density at radius 2 is 1.95 bits per heavy atom. The molecule has 0 saturated carbocycles. The number of rotatable bonds is 4. The summed E-state index contributed by atoms with van der Waals surface area (Å²) in [5.74, 6) is 0.563. The third-order valence-electron chi connectivity index (χ3n) is 3.94. The Bertz CT molecular complexity index is 388. The lowest BCUT2D eigenvalue weighted by molar-refractivity contribution is 0.144. The standard InChI is InChI=1S/C16H25FN2/c1-12(2)10-16-11-19(9-8-18-16)13(3)14-4-6-15(17)7-5-14/h4-7,12-13,16,18H,8-11H2,1-3H3. The molecular formula is C16H25FN2. The van der Waals surface area contributed by atoms with Crippen LogP contribution in [-0.2, 0) is 0 Å². The maximum Gasteiger partial charge on any atom is 0.123 e. The second-order valence-electron chi connectivity index (χ2n) is 6.00. The van der Waals surface area contributed by atoms with Gasteiger partial charge in [0.05, 0.1) is 0 Å². The Kier molecular flexibility index (Phi) is 4.94. The van der Waals surface area contributed by atoms with Gasteiger partial charge >= 0.3 is 0 Å². The molecule has 106 valence electrons. The summed E-state index contributed by atoms with van der Waals surface area (Å²) in [6.07, 6.45) is 1.21. The van der Waals surface area contributed by atoms with E-state index in [0.717, 1.165) is 25.6 Å². The van der Waals surface area contributed by atoms with E-state index in [9.17, 15) is 4.39 Å². The maximum atomic E-state index is 13.0. The molecule has 3 heteroatoms. The van der Waals surface area contributed by atoms with Crippen LogP contribution in [0.2, 0.25) is 0 Å². The van der Waals surface area contributed by atoms with Gasteiger partial charge in [-0.2, -0.15) is 0 Å². The minimum atomic E-state index is -0.158. The van der Waals surface area contributed by atoms with Gasteiger partial charge in [0.2, 0.25) is 0 Å². The van der Waals surface area contributed by atoms with Gasteiger partial charge in [-0.3, -0.25) is 4.90 Å². The maximum absolute atomic E-state index is 13.0. The molecule has 2 unspecified atom stereocenters. The number of benzene rings is 1. The van der Waals surface area contributed by atoms with Gasteiger partial charge in [0, 0.05) is 31.7 Å². The van der Waals surface area contributed by atoms with Crippen molar-refractivity contribution in [3.8, 4) is 0 Å². The van der Waals surface area contributed by atoms with Gasteiger partial charge in [0.25, 0.3) is 0 Å². The molecule has 1 fully saturated rings. The van der Waals surface area contributed by atoms with Crippen molar-refractivity contribution in [3.63, 3.8) is 0 Å². The summed E-state index contributed by atoms with van der Waals surface area (Å²) in [5, 5.41) is 3.59. The molecule has 1 aliphatic heterocycles. The van der Waals surface area contributed by atoms with Crippen LogP contribution in [0.15, 0.2) is 24.3 Å². The molecule has 2 nitrogen and oxygen atoms in total. The molecule has 1 aliphatic rings. The summed E-state index contributed by atoms with van der Waals surface area (Å²) in [4.78, 5) is 2.50. The fourth-order valence-electron chi connectivity index (χ4n) is 2.88. The Labute approximate surface area is 116 Å². The number of hydrogen-bond acceptors (Lipinski definition) is 2. The number of hydrogen-bond donors (Lipinski definition) is 1. The first-order valence-corrected chi connectivity index (χ1v) is 7.29. The largest absolute Gasteiger partial charge is 0.311 e. The van der Waals surface area contributed by atoms with Gasteiger partial charge in [-0.1, -0.05) is 26.0 Å². The summed E-state index contributed by atoms with van der Waals surface area (Å²) in [5.41, 5.74) is 1.20. The highest BCUT2D eigenvalue weighted by molar-refractivity contribution is 5.19. The van der Waals surface area contributed by atoms with Crippen molar-refractivity contribution in [1.82, 2.24) is 10.2 Å². The van der Waals surface area contributed by atoms with Crippen molar-refractivity contribution < 1.29 is 4.39 Å². The summed E-state index contributed by atoms with van der Waals surface area (Å²) in [6, 6.07) is 7.85. The van der Waals surface area contributed by atoms with E-state index in [4.69, 9.17) is 0 Å². The predicted molar refractivity (Wildman–Crippen MR) is 77.6 cm³/mol. The topological polar surface area (TPSA) is 15.3 Å². The Morgan fingerprint density at radius 1 is 1.26 bits per heavy atom. The van der Waals surface area contributed by atoms with E-state index >= 15 is 0 Å². The Hall–Kier alpha value is -0.930. The van der Waals surface area contributed by atoms with E-state index in [1.165, 1.54) is 12.0 Å². The lowest BCUT2D eigenvalue weighted by Crippen LogP contribution is -2.51. The molecule has 1 N–H and O–H groups in total. The highest BCUT2D eigenvalue weighted by Crippen LogP contribution is 2.22. The molecule has 1 aromatic carbocycles. The van der Waals surface area contributed by atoms with Crippen LogP contribution in [0.4, 0.5) is 4.39 Å². The van der Waals surface area contributed by atoms with Crippen molar-refractivity contribution in [2.24, 2.45) is 5.92 Å². The average Bonchev–Trinajstić information content (AvgIpc) is 2.38. The molecule has 0 aromatic heterocycles. The van der Waals surface area contributed by atoms with Crippen molar-refractivity contribution in [2.75, 3.05) is 19.6 Å². The summed E-state index contributed by atoms with van der Waals surface area (Å²) >= 11 is 0. The van der Waals surface area contributed by atoms with Crippen LogP contribution in [0.1, 0.15) is 38.8 Å². The molecule has 1 saturated heterocycles. The monoisotopic (exact) mass is 264 g/mol. The van der Waals surface area contributed by atoms with Crippen molar-refractivity contribution >= 4 is 0 Å². The minimum Gasteiger partial charge on any atom is -0.311 e. The molecule has 0 spiro atoms. The first-order chi connectivity index (χ1) is 9.06. The number of nitrogens with one attached hydrogen (secondary N) is 1. The van der Waals surface area contributed by atoms with E-state index in [2.05, 4.69) is 31.0 Å². The SMILES string of the molecule is CC(C)CC1CN(C(C)c2ccc(F)cc2)CCN1. The lowest BCUT2D eigenvalue weighted by atomic mass is 9.99. The van der Waals surface area contributed by atoms with E-state index < -0.39 is 0 Å². The van der Waals surface area contributed by atoms with Crippen molar-refractivity contribution in [1.29, 1.82) is 0 Å². The smallest absolute Gasteiger partial charge is 0.123 e.